The number of nitrogen functional groups attached to an aromatic ring is 1. The van der Waals surface area contributed by atoms with Gasteiger partial charge in [0.25, 0.3) is 0 Å². The van der Waals surface area contributed by atoms with Gasteiger partial charge in [-0.25, -0.2) is 15.0 Å². The van der Waals surface area contributed by atoms with Gasteiger partial charge in [0.2, 0.25) is 5.91 Å². The molecule has 1 aliphatic heterocycles. The number of nitrogens with one attached hydrogen (secondary N) is 1. The van der Waals surface area contributed by atoms with E-state index in [9.17, 15) is 15.0 Å². The lowest BCUT2D eigenvalue weighted by molar-refractivity contribution is -0.124. The Bertz CT molecular complexity index is 823. The van der Waals surface area contributed by atoms with Crippen molar-refractivity contribution >= 4 is 22.9 Å². The average molecular weight is 363 g/mol. The Hall–Kier alpha value is -2.34. The number of imidazole rings is 1. The first kappa shape index (κ1) is 17.1. The van der Waals surface area contributed by atoms with Crippen LogP contribution in [-0.4, -0.2) is 66.5 Å². The van der Waals surface area contributed by atoms with E-state index in [0.29, 0.717) is 11.2 Å². The van der Waals surface area contributed by atoms with Gasteiger partial charge in [-0.3, -0.25) is 9.36 Å². The number of carbonyl (C=O) groups is 1. The molecule has 0 spiro atoms. The summed E-state index contributed by atoms with van der Waals surface area (Å²) in [5.41, 5.74) is 12.5. The number of aliphatic hydroxyl groups excluding tert-OH is 2. The van der Waals surface area contributed by atoms with Crippen LogP contribution in [0.1, 0.15) is 19.1 Å². The van der Waals surface area contributed by atoms with Gasteiger partial charge in [-0.15, -0.1) is 0 Å². The zero-order valence-corrected chi connectivity index (χ0v) is 13.9. The summed E-state index contributed by atoms with van der Waals surface area (Å²) in [7, 11) is 0. The number of nitrogens with two attached hydrogens (primary N) is 2. The lowest BCUT2D eigenvalue weighted by Crippen LogP contribution is -2.52. The monoisotopic (exact) mass is 363 g/mol. The third kappa shape index (κ3) is 2.78. The zero-order chi connectivity index (χ0) is 18.4. The van der Waals surface area contributed by atoms with Crippen molar-refractivity contribution in [2.24, 2.45) is 11.7 Å². The second kappa shape index (κ2) is 6.43. The van der Waals surface area contributed by atoms with Gasteiger partial charge in [-0.1, -0.05) is 0 Å². The first-order valence-electron chi connectivity index (χ1n) is 8.44. The van der Waals surface area contributed by atoms with Crippen molar-refractivity contribution in [2.75, 3.05) is 12.3 Å². The lowest BCUT2D eigenvalue weighted by Gasteiger charge is -2.24. The van der Waals surface area contributed by atoms with Crippen LogP contribution in [0.4, 0.5) is 5.82 Å². The van der Waals surface area contributed by atoms with Gasteiger partial charge in [-0.05, 0) is 18.8 Å². The Morgan fingerprint density at radius 1 is 1.42 bits per heavy atom. The van der Waals surface area contributed by atoms with Crippen molar-refractivity contribution < 1.29 is 19.7 Å². The molecule has 1 saturated heterocycles. The number of amides is 1. The van der Waals surface area contributed by atoms with E-state index in [0.717, 1.165) is 12.8 Å². The molecule has 1 amide bonds. The number of aromatic nitrogens is 4. The summed E-state index contributed by atoms with van der Waals surface area (Å²) in [4.78, 5) is 24.6. The van der Waals surface area contributed by atoms with Crippen LogP contribution in [0.25, 0.3) is 11.2 Å². The molecule has 2 unspecified atom stereocenters. The van der Waals surface area contributed by atoms with Crippen molar-refractivity contribution in [3.8, 4) is 0 Å². The highest BCUT2D eigenvalue weighted by Gasteiger charge is 2.47. The molecule has 1 saturated carbocycles. The number of carbonyl (C=O) groups excluding carboxylic acids is 1. The molecule has 2 aromatic rings. The smallest absolute Gasteiger partial charge is 0.237 e. The summed E-state index contributed by atoms with van der Waals surface area (Å²) in [6, 6.07) is -1.45. The van der Waals surface area contributed by atoms with Gasteiger partial charge in [0.15, 0.2) is 17.7 Å². The summed E-state index contributed by atoms with van der Waals surface area (Å²) < 4.78 is 7.31. The molecule has 0 radical (unpaired) electrons. The Morgan fingerprint density at radius 3 is 2.88 bits per heavy atom. The molecule has 5 atom stereocenters. The molecule has 0 aromatic carbocycles. The van der Waals surface area contributed by atoms with Crippen molar-refractivity contribution in [1.82, 2.24) is 24.8 Å². The van der Waals surface area contributed by atoms with E-state index < -0.39 is 37.1 Å². The first-order chi connectivity index (χ1) is 12.5. The van der Waals surface area contributed by atoms with E-state index >= 15 is 0 Å². The van der Waals surface area contributed by atoms with Gasteiger partial charge < -0.3 is 31.7 Å². The molecular formula is C15H21N7O4. The minimum Gasteiger partial charge on any atom is -0.394 e. The van der Waals surface area contributed by atoms with E-state index in [1.54, 1.807) is 4.57 Å². The number of hydrogen-bond acceptors (Lipinski definition) is 9. The first-order valence-corrected chi connectivity index (χ1v) is 8.44. The minimum atomic E-state index is -1.11. The number of nitrogens with zero attached hydrogens (tertiary/aromatic N) is 4. The third-order valence-electron chi connectivity index (χ3n) is 4.95. The Kier molecular flexibility index (Phi) is 4.23. The maximum absolute atomic E-state index is 12.4. The van der Waals surface area contributed by atoms with E-state index in [-0.39, 0.29) is 17.6 Å². The standard InChI is InChI=1S/C15H21N7O4/c16-8(6-1-2-6)14(25)21-9-11(24)7(3-23)26-15(9)22-5-20-10-12(17)18-4-19-13(10)22/h4-9,11,15,23-24H,1-3,16H2,(H,21,25)(H2,17,18,19)/t7-,8?,9+,11?,15-/m1/s1. The molecule has 26 heavy (non-hydrogen) atoms. The summed E-state index contributed by atoms with van der Waals surface area (Å²) in [6.07, 6.45) is 1.79. The average Bonchev–Trinajstić information content (AvgIpc) is 3.32. The van der Waals surface area contributed by atoms with Gasteiger partial charge in [-0.2, -0.15) is 0 Å². The topological polar surface area (TPSA) is 174 Å². The molecule has 2 aliphatic rings. The van der Waals surface area contributed by atoms with Crippen LogP contribution in [0.2, 0.25) is 0 Å². The predicted octanol–water partition coefficient (Wildman–Crippen LogP) is -2.12. The summed E-state index contributed by atoms with van der Waals surface area (Å²) in [5, 5.41) is 22.7. The molecule has 2 aromatic heterocycles. The van der Waals surface area contributed by atoms with Gasteiger partial charge in [0, 0.05) is 0 Å². The number of fused-ring (bicyclic) bond motifs is 1. The summed E-state index contributed by atoms with van der Waals surface area (Å²) in [6.45, 7) is -0.400. The third-order valence-corrected chi connectivity index (χ3v) is 4.95. The van der Waals surface area contributed by atoms with Crippen LogP contribution in [0.5, 0.6) is 0 Å². The molecule has 11 nitrogen and oxygen atoms in total. The van der Waals surface area contributed by atoms with Crippen LogP contribution in [0.15, 0.2) is 12.7 Å². The Balaban J connectivity index is 1.65. The number of anilines is 1. The fraction of sp³-hybridized carbons (Fsp3) is 0.600. The zero-order valence-electron chi connectivity index (χ0n) is 13.9. The highest BCUT2D eigenvalue weighted by atomic mass is 16.5. The Morgan fingerprint density at radius 2 is 2.19 bits per heavy atom. The molecule has 2 fully saturated rings. The van der Waals surface area contributed by atoms with Crippen LogP contribution in [0, 0.1) is 5.92 Å². The van der Waals surface area contributed by atoms with Crippen LogP contribution in [0.3, 0.4) is 0 Å². The molecule has 140 valence electrons. The van der Waals surface area contributed by atoms with E-state index in [2.05, 4.69) is 20.3 Å². The number of ether oxygens (including phenoxy) is 1. The Labute approximate surface area is 148 Å². The van der Waals surface area contributed by atoms with Gasteiger partial charge in [0.1, 0.15) is 30.1 Å². The van der Waals surface area contributed by atoms with Gasteiger partial charge >= 0.3 is 0 Å². The van der Waals surface area contributed by atoms with Crippen LogP contribution in [-0.2, 0) is 9.53 Å². The molecule has 1 aliphatic carbocycles. The second-order valence-corrected chi connectivity index (χ2v) is 6.72. The molecule has 7 N–H and O–H groups in total. The van der Waals surface area contributed by atoms with Crippen LogP contribution >= 0.6 is 0 Å². The quantitative estimate of drug-likeness (QED) is 0.398. The molecule has 4 rings (SSSR count). The fourth-order valence-electron chi connectivity index (χ4n) is 3.28. The highest BCUT2D eigenvalue weighted by Crippen LogP contribution is 2.34. The maximum Gasteiger partial charge on any atom is 0.237 e. The van der Waals surface area contributed by atoms with Crippen molar-refractivity contribution in [1.29, 1.82) is 0 Å². The van der Waals surface area contributed by atoms with Crippen molar-refractivity contribution in [3.05, 3.63) is 12.7 Å². The SMILES string of the molecule is Nc1ncnc2c1ncn2[C@@H]1O[C@H](CO)C(O)[C@@H]1NC(=O)C(N)C1CC1. The predicted molar refractivity (Wildman–Crippen MR) is 89.4 cm³/mol. The number of rotatable bonds is 5. The summed E-state index contributed by atoms with van der Waals surface area (Å²) in [5.74, 6) is 0.0211. The normalized spacial score (nSPS) is 29.8. The number of hydrogen-bond donors (Lipinski definition) is 5. The molecule has 11 heteroatoms. The van der Waals surface area contributed by atoms with Gasteiger partial charge in [0.05, 0.1) is 19.0 Å². The van der Waals surface area contributed by atoms with E-state index in [1.807, 2.05) is 0 Å². The fourth-order valence-corrected chi connectivity index (χ4v) is 3.28. The highest BCUT2D eigenvalue weighted by molar-refractivity contribution is 5.83. The molecule has 3 heterocycles. The number of aliphatic hydroxyl groups is 2. The summed E-state index contributed by atoms with van der Waals surface area (Å²) >= 11 is 0. The molecule has 0 bridgehead atoms. The largest absolute Gasteiger partial charge is 0.394 e. The lowest BCUT2D eigenvalue weighted by atomic mass is 10.1. The minimum absolute atomic E-state index is 0.170. The maximum atomic E-state index is 12.4. The van der Waals surface area contributed by atoms with E-state index in [1.165, 1.54) is 12.7 Å². The second-order valence-electron chi connectivity index (χ2n) is 6.72. The molecular weight excluding hydrogens is 342 g/mol. The van der Waals surface area contributed by atoms with E-state index in [4.69, 9.17) is 16.2 Å². The van der Waals surface area contributed by atoms with Crippen molar-refractivity contribution in [2.45, 2.75) is 43.4 Å². The van der Waals surface area contributed by atoms with Crippen LogP contribution < -0.4 is 16.8 Å². The van der Waals surface area contributed by atoms with Crippen molar-refractivity contribution in [3.63, 3.8) is 0 Å².